The molecule has 0 radical (unpaired) electrons. The molecular formula is C23H21ClF2N2O5S. The van der Waals surface area contributed by atoms with Gasteiger partial charge in [0.05, 0.1) is 24.7 Å². The van der Waals surface area contributed by atoms with Gasteiger partial charge in [-0.3, -0.25) is 9.10 Å². The molecule has 0 heterocycles. The van der Waals surface area contributed by atoms with Crippen LogP contribution in [-0.4, -0.2) is 33.7 Å². The van der Waals surface area contributed by atoms with Gasteiger partial charge in [-0.15, -0.1) is 0 Å². The standard InChI is InChI=1S/C23H21ClF2N2O5S/c1-14(28(34(3,30)31)16-9-10-17(25)18(26)13-16)23(29)27-19-12-15(24)8-11-20(19)33-22-7-5-4-6-21(22)32-2/h4-14H,1-3H3,(H,27,29)/t14-/m0/s1. The maximum atomic E-state index is 13.8. The number of hydrogen-bond acceptors (Lipinski definition) is 5. The largest absolute Gasteiger partial charge is 0.493 e. The van der Waals surface area contributed by atoms with E-state index in [1.165, 1.54) is 26.2 Å². The Balaban J connectivity index is 1.93. The fourth-order valence-electron chi connectivity index (χ4n) is 3.18. The average molecular weight is 511 g/mol. The van der Waals surface area contributed by atoms with Crippen LogP contribution in [0.15, 0.2) is 60.7 Å². The van der Waals surface area contributed by atoms with Gasteiger partial charge in [-0.05, 0) is 49.4 Å². The first kappa shape index (κ1) is 25.3. The molecule has 0 aliphatic carbocycles. The van der Waals surface area contributed by atoms with Crippen molar-refractivity contribution < 1.29 is 31.5 Å². The summed E-state index contributed by atoms with van der Waals surface area (Å²) < 4.78 is 63.8. The Bertz CT molecular complexity index is 1320. The van der Waals surface area contributed by atoms with Crippen LogP contribution < -0.4 is 19.1 Å². The van der Waals surface area contributed by atoms with Crippen molar-refractivity contribution in [1.82, 2.24) is 0 Å². The number of carbonyl (C=O) groups excluding carboxylic acids is 1. The summed E-state index contributed by atoms with van der Waals surface area (Å²) in [6.45, 7) is 1.31. The molecule has 34 heavy (non-hydrogen) atoms. The maximum absolute atomic E-state index is 13.8. The number of amides is 1. The monoisotopic (exact) mass is 510 g/mol. The lowest BCUT2D eigenvalue weighted by Crippen LogP contribution is -2.45. The Morgan fingerprint density at radius 2 is 1.68 bits per heavy atom. The van der Waals surface area contributed by atoms with Crippen molar-refractivity contribution in [2.45, 2.75) is 13.0 Å². The van der Waals surface area contributed by atoms with E-state index in [1.807, 2.05) is 0 Å². The third-order valence-corrected chi connectivity index (χ3v) is 6.21. The van der Waals surface area contributed by atoms with Crippen LogP contribution in [0.4, 0.5) is 20.2 Å². The number of anilines is 2. The first-order valence-electron chi connectivity index (χ1n) is 9.87. The molecule has 0 spiro atoms. The van der Waals surface area contributed by atoms with Gasteiger partial charge < -0.3 is 14.8 Å². The van der Waals surface area contributed by atoms with Gasteiger partial charge in [-0.1, -0.05) is 23.7 Å². The minimum Gasteiger partial charge on any atom is -0.493 e. The summed E-state index contributed by atoms with van der Waals surface area (Å²) >= 11 is 6.09. The molecule has 1 N–H and O–H groups in total. The molecule has 0 aliphatic rings. The number of carbonyl (C=O) groups is 1. The van der Waals surface area contributed by atoms with Crippen molar-refractivity contribution >= 4 is 38.9 Å². The number of para-hydroxylation sites is 2. The van der Waals surface area contributed by atoms with Crippen LogP contribution in [0, 0.1) is 11.6 Å². The first-order valence-corrected chi connectivity index (χ1v) is 12.1. The Labute approximate surface area is 200 Å². The molecule has 3 aromatic rings. The van der Waals surface area contributed by atoms with E-state index in [9.17, 15) is 22.0 Å². The van der Waals surface area contributed by atoms with Crippen LogP contribution in [0.1, 0.15) is 6.92 Å². The molecule has 1 amide bonds. The summed E-state index contributed by atoms with van der Waals surface area (Å²) in [5, 5.41) is 2.88. The van der Waals surface area contributed by atoms with Crippen molar-refractivity contribution in [3.8, 4) is 17.2 Å². The van der Waals surface area contributed by atoms with E-state index in [0.29, 0.717) is 21.9 Å². The number of nitrogens with zero attached hydrogens (tertiary/aromatic N) is 1. The zero-order valence-corrected chi connectivity index (χ0v) is 20.0. The molecule has 3 rings (SSSR count). The van der Waals surface area contributed by atoms with Crippen LogP contribution in [-0.2, 0) is 14.8 Å². The van der Waals surface area contributed by atoms with Gasteiger partial charge in [0.15, 0.2) is 28.9 Å². The molecule has 180 valence electrons. The number of methoxy groups -OCH3 is 1. The van der Waals surface area contributed by atoms with Crippen molar-refractivity contribution in [3.05, 3.63) is 77.3 Å². The van der Waals surface area contributed by atoms with Crippen molar-refractivity contribution in [2.75, 3.05) is 23.0 Å². The highest BCUT2D eigenvalue weighted by atomic mass is 35.5. The number of rotatable bonds is 8. The molecule has 0 fully saturated rings. The van der Waals surface area contributed by atoms with Gasteiger partial charge in [-0.25, -0.2) is 17.2 Å². The Kier molecular flexibility index (Phi) is 7.63. The lowest BCUT2D eigenvalue weighted by atomic mass is 10.2. The molecule has 3 aromatic carbocycles. The summed E-state index contributed by atoms with van der Waals surface area (Å²) in [4.78, 5) is 13.1. The van der Waals surface area contributed by atoms with E-state index in [-0.39, 0.29) is 22.1 Å². The first-order chi connectivity index (χ1) is 16.0. The summed E-state index contributed by atoms with van der Waals surface area (Å²) in [5.41, 5.74) is -0.0466. The molecule has 7 nitrogen and oxygen atoms in total. The Morgan fingerprint density at radius 3 is 2.29 bits per heavy atom. The minimum absolute atomic E-state index is 0.161. The molecular weight excluding hydrogens is 490 g/mol. The zero-order chi connectivity index (χ0) is 25.0. The number of ether oxygens (including phenoxy) is 2. The van der Waals surface area contributed by atoms with Crippen LogP contribution in [0.5, 0.6) is 17.2 Å². The van der Waals surface area contributed by atoms with E-state index in [4.69, 9.17) is 21.1 Å². The van der Waals surface area contributed by atoms with Gasteiger partial charge in [0.1, 0.15) is 6.04 Å². The highest BCUT2D eigenvalue weighted by Crippen LogP contribution is 2.36. The summed E-state index contributed by atoms with van der Waals surface area (Å²) in [6, 6.07) is 12.6. The molecule has 0 unspecified atom stereocenters. The van der Waals surface area contributed by atoms with Crippen molar-refractivity contribution in [3.63, 3.8) is 0 Å². The molecule has 1 atom stereocenters. The van der Waals surface area contributed by atoms with Crippen LogP contribution in [0.3, 0.4) is 0 Å². The van der Waals surface area contributed by atoms with E-state index in [2.05, 4.69) is 5.32 Å². The number of nitrogens with one attached hydrogen (secondary N) is 1. The maximum Gasteiger partial charge on any atom is 0.248 e. The third kappa shape index (κ3) is 5.75. The molecule has 0 aliphatic heterocycles. The Morgan fingerprint density at radius 1 is 1.00 bits per heavy atom. The van der Waals surface area contributed by atoms with Crippen molar-refractivity contribution in [2.24, 2.45) is 0 Å². The highest BCUT2D eigenvalue weighted by Gasteiger charge is 2.30. The second kappa shape index (κ2) is 10.3. The van der Waals surface area contributed by atoms with Crippen LogP contribution >= 0.6 is 11.6 Å². The van der Waals surface area contributed by atoms with Gasteiger partial charge in [-0.2, -0.15) is 0 Å². The van der Waals surface area contributed by atoms with Gasteiger partial charge >= 0.3 is 0 Å². The number of halogens is 3. The topological polar surface area (TPSA) is 84.9 Å². The van der Waals surface area contributed by atoms with Gasteiger partial charge in [0, 0.05) is 11.1 Å². The van der Waals surface area contributed by atoms with E-state index in [0.717, 1.165) is 18.4 Å². The highest BCUT2D eigenvalue weighted by molar-refractivity contribution is 7.92. The minimum atomic E-state index is -4.05. The molecule has 0 saturated carbocycles. The van der Waals surface area contributed by atoms with Crippen LogP contribution in [0.2, 0.25) is 5.02 Å². The molecule has 0 saturated heterocycles. The summed E-state index contributed by atoms with van der Waals surface area (Å²) in [7, 11) is -2.57. The normalized spacial score (nSPS) is 12.1. The second-order valence-electron chi connectivity index (χ2n) is 7.22. The zero-order valence-electron chi connectivity index (χ0n) is 18.4. The predicted molar refractivity (Wildman–Crippen MR) is 126 cm³/mol. The fourth-order valence-corrected chi connectivity index (χ4v) is 4.52. The molecule has 0 bridgehead atoms. The quantitative estimate of drug-likeness (QED) is 0.449. The molecule has 0 aromatic heterocycles. The summed E-state index contributed by atoms with van der Waals surface area (Å²) in [6.07, 6.45) is 0.855. The summed E-state index contributed by atoms with van der Waals surface area (Å²) in [5.74, 6) is -2.12. The SMILES string of the molecule is COc1ccccc1Oc1ccc(Cl)cc1NC(=O)[C@H](C)N(c1ccc(F)c(F)c1)S(C)(=O)=O. The smallest absolute Gasteiger partial charge is 0.248 e. The lowest BCUT2D eigenvalue weighted by molar-refractivity contribution is -0.116. The number of benzene rings is 3. The van der Waals surface area contributed by atoms with Crippen molar-refractivity contribution in [1.29, 1.82) is 0 Å². The third-order valence-electron chi connectivity index (χ3n) is 4.73. The van der Waals surface area contributed by atoms with E-state index in [1.54, 1.807) is 30.3 Å². The van der Waals surface area contributed by atoms with Crippen LogP contribution in [0.25, 0.3) is 0 Å². The molecule has 11 heteroatoms. The predicted octanol–water partition coefficient (Wildman–Crippen LogP) is 5.21. The van der Waals surface area contributed by atoms with E-state index < -0.39 is 33.6 Å². The second-order valence-corrected chi connectivity index (χ2v) is 9.51. The van der Waals surface area contributed by atoms with Gasteiger partial charge in [0.25, 0.3) is 0 Å². The fraction of sp³-hybridized carbons (Fsp3) is 0.174. The Hall–Kier alpha value is -3.37. The average Bonchev–Trinajstić information content (AvgIpc) is 2.77. The number of sulfonamides is 1. The van der Waals surface area contributed by atoms with E-state index >= 15 is 0 Å². The number of hydrogen-bond donors (Lipinski definition) is 1. The lowest BCUT2D eigenvalue weighted by Gasteiger charge is -2.28. The van der Waals surface area contributed by atoms with Gasteiger partial charge in [0.2, 0.25) is 15.9 Å².